The number of ether oxygens (including phenoxy) is 1. The highest BCUT2D eigenvalue weighted by atomic mass is 16.5. The molecule has 0 bridgehead atoms. The van der Waals surface area contributed by atoms with Crippen LogP contribution in [0.5, 0.6) is 0 Å². The molecule has 8 nitrogen and oxygen atoms in total. The number of piperidine rings is 1. The van der Waals surface area contributed by atoms with Gasteiger partial charge < -0.3 is 24.4 Å². The maximum absolute atomic E-state index is 12.4. The molecule has 1 N–H and O–H groups in total. The number of nitrogens with zero attached hydrogens (tertiary/aromatic N) is 3. The summed E-state index contributed by atoms with van der Waals surface area (Å²) >= 11 is 0. The average Bonchev–Trinajstić information content (AvgIpc) is 3.56. The molecule has 1 aliphatic carbocycles. The molecular formula is C22H32N4O4. The van der Waals surface area contributed by atoms with Crippen molar-refractivity contribution in [3.8, 4) is 0 Å². The fourth-order valence-electron chi connectivity index (χ4n) is 4.35. The van der Waals surface area contributed by atoms with Gasteiger partial charge in [0.1, 0.15) is 6.61 Å². The van der Waals surface area contributed by atoms with E-state index in [1.165, 1.54) is 42.3 Å². The second-order valence-corrected chi connectivity index (χ2v) is 9.00. The van der Waals surface area contributed by atoms with Crippen LogP contribution in [-0.2, 0) is 16.6 Å². The van der Waals surface area contributed by atoms with Gasteiger partial charge in [-0.1, -0.05) is 0 Å². The van der Waals surface area contributed by atoms with Gasteiger partial charge in [0.25, 0.3) is 5.91 Å². The molecule has 0 aromatic carbocycles. The molecule has 1 saturated carbocycles. The molecule has 1 aromatic rings. The first kappa shape index (κ1) is 21.1. The molecular weight excluding hydrogens is 384 g/mol. The smallest absolute Gasteiger partial charge is 0.252 e. The maximum Gasteiger partial charge on any atom is 0.252 e. The van der Waals surface area contributed by atoms with E-state index in [9.17, 15) is 14.4 Å². The molecule has 8 heteroatoms. The average molecular weight is 417 g/mol. The summed E-state index contributed by atoms with van der Waals surface area (Å²) in [5, 5.41) is 2.86. The topological polar surface area (TPSA) is 83.9 Å². The Labute approximate surface area is 177 Å². The number of morpholine rings is 1. The number of likely N-dealkylation sites (tertiary alicyclic amines) is 1. The highest BCUT2D eigenvalue weighted by molar-refractivity contribution is 5.93. The molecule has 164 valence electrons. The molecule has 1 unspecified atom stereocenters. The van der Waals surface area contributed by atoms with E-state index in [-0.39, 0.29) is 30.1 Å². The normalized spacial score (nSPS) is 23.6. The number of nitrogens with one attached hydrogen (secondary N) is 1. The van der Waals surface area contributed by atoms with Crippen molar-refractivity contribution in [2.75, 3.05) is 45.9 Å². The van der Waals surface area contributed by atoms with Gasteiger partial charge in [-0.3, -0.25) is 14.4 Å². The van der Waals surface area contributed by atoms with Crippen molar-refractivity contribution >= 4 is 11.8 Å². The minimum atomic E-state index is -0.249. The zero-order chi connectivity index (χ0) is 21.1. The molecule has 1 atom stereocenters. The van der Waals surface area contributed by atoms with Crippen molar-refractivity contribution in [3.63, 3.8) is 0 Å². The zero-order valence-electron chi connectivity index (χ0n) is 17.7. The monoisotopic (exact) mass is 416 g/mol. The molecule has 3 heterocycles. The first-order valence-electron chi connectivity index (χ1n) is 11.0. The Bertz CT molecular complexity index is 827. The number of pyridine rings is 1. The lowest BCUT2D eigenvalue weighted by Crippen LogP contribution is -2.52. The Kier molecular flexibility index (Phi) is 6.53. The summed E-state index contributed by atoms with van der Waals surface area (Å²) in [6.45, 7) is 5.23. The van der Waals surface area contributed by atoms with Crippen molar-refractivity contribution in [1.29, 1.82) is 0 Å². The van der Waals surface area contributed by atoms with Crippen LogP contribution >= 0.6 is 0 Å². The molecule has 0 radical (unpaired) electrons. The third kappa shape index (κ3) is 5.49. The van der Waals surface area contributed by atoms with Crippen LogP contribution in [0, 0.1) is 11.8 Å². The lowest BCUT2D eigenvalue weighted by molar-refractivity contribution is -0.149. The Morgan fingerprint density at radius 1 is 1.10 bits per heavy atom. The minimum Gasteiger partial charge on any atom is -0.365 e. The van der Waals surface area contributed by atoms with E-state index < -0.39 is 0 Å². The SMILES string of the molecule is Cn1cc(C(=O)NCC2CN(CC3CCN(CC4CC4)CC3)C(=O)CO2)ccc1=O. The van der Waals surface area contributed by atoms with E-state index in [1.54, 1.807) is 7.05 Å². The van der Waals surface area contributed by atoms with Gasteiger partial charge in [0.2, 0.25) is 11.5 Å². The quantitative estimate of drug-likeness (QED) is 0.698. The van der Waals surface area contributed by atoms with E-state index in [1.807, 2.05) is 4.90 Å². The molecule has 2 amide bonds. The van der Waals surface area contributed by atoms with E-state index in [0.717, 1.165) is 38.4 Å². The van der Waals surface area contributed by atoms with Crippen molar-refractivity contribution in [2.24, 2.45) is 18.9 Å². The van der Waals surface area contributed by atoms with Crippen LogP contribution in [0.1, 0.15) is 36.0 Å². The molecule has 30 heavy (non-hydrogen) atoms. The summed E-state index contributed by atoms with van der Waals surface area (Å²) in [7, 11) is 1.61. The van der Waals surface area contributed by atoms with Gasteiger partial charge in [-0.15, -0.1) is 0 Å². The van der Waals surface area contributed by atoms with Gasteiger partial charge in [0.05, 0.1) is 11.7 Å². The largest absolute Gasteiger partial charge is 0.365 e. The number of rotatable bonds is 7. The van der Waals surface area contributed by atoms with E-state index in [4.69, 9.17) is 4.74 Å². The van der Waals surface area contributed by atoms with Gasteiger partial charge in [-0.2, -0.15) is 0 Å². The van der Waals surface area contributed by atoms with Crippen LogP contribution < -0.4 is 10.9 Å². The van der Waals surface area contributed by atoms with E-state index in [2.05, 4.69) is 10.2 Å². The van der Waals surface area contributed by atoms with Crippen molar-refractivity contribution in [3.05, 3.63) is 34.2 Å². The number of hydrogen-bond donors (Lipinski definition) is 1. The van der Waals surface area contributed by atoms with Crippen LogP contribution in [0.15, 0.2) is 23.1 Å². The second kappa shape index (κ2) is 9.31. The molecule has 4 rings (SSSR count). The zero-order valence-corrected chi connectivity index (χ0v) is 17.7. The lowest BCUT2D eigenvalue weighted by Gasteiger charge is -2.38. The lowest BCUT2D eigenvalue weighted by atomic mass is 9.95. The standard InChI is InChI=1S/C22H32N4O4/c1-24-13-18(4-5-20(24)27)22(29)23-10-19-14-26(21(28)15-30-19)12-17-6-8-25(9-7-17)11-16-2-3-16/h4-5,13,16-17,19H,2-3,6-12,14-15H2,1H3,(H,23,29). The number of amides is 2. The van der Waals surface area contributed by atoms with E-state index >= 15 is 0 Å². The summed E-state index contributed by atoms with van der Waals surface area (Å²) in [5.41, 5.74) is 0.272. The Hall–Kier alpha value is -2.19. The third-order valence-corrected chi connectivity index (χ3v) is 6.46. The molecule has 1 aromatic heterocycles. The molecule has 3 aliphatic rings. The van der Waals surface area contributed by atoms with Crippen LogP contribution in [-0.4, -0.2) is 78.2 Å². The van der Waals surface area contributed by atoms with Gasteiger partial charge in [0, 0.05) is 45.5 Å². The summed E-state index contributed by atoms with van der Waals surface area (Å²) in [5.74, 6) is 1.26. The first-order valence-corrected chi connectivity index (χ1v) is 11.0. The molecule has 3 fully saturated rings. The van der Waals surface area contributed by atoms with Crippen molar-refractivity contribution in [2.45, 2.75) is 31.8 Å². The maximum atomic E-state index is 12.4. The summed E-state index contributed by atoms with van der Waals surface area (Å²) in [6, 6.07) is 2.90. The fourth-order valence-corrected chi connectivity index (χ4v) is 4.35. The number of hydrogen-bond acceptors (Lipinski definition) is 5. The number of carbonyl (C=O) groups is 2. The van der Waals surface area contributed by atoms with Gasteiger partial charge in [-0.25, -0.2) is 0 Å². The van der Waals surface area contributed by atoms with Gasteiger partial charge >= 0.3 is 0 Å². The molecule has 2 saturated heterocycles. The van der Waals surface area contributed by atoms with Crippen LogP contribution in [0.2, 0.25) is 0 Å². The number of aryl methyl sites for hydroxylation is 1. The Morgan fingerprint density at radius 3 is 2.53 bits per heavy atom. The van der Waals surface area contributed by atoms with E-state index in [0.29, 0.717) is 24.6 Å². The Balaban J connectivity index is 1.23. The number of carbonyl (C=O) groups excluding carboxylic acids is 2. The highest BCUT2D eigenvalue weighted by Gasteiger charge is 2.31. The molecule has 0 spiro atoms. The van der Waals surface area contributed by atoms with Gasteiger partial charge in [0.15, 0.2) is 0 Å². The van der Waals surface area contributed by atoms with Crippen LogP contribution in [0.4, 0.5) is 0 Å². The summed E-state index contributed by atoms with van der Waals surface area (Å²) in [4.78, 5) is 40.6. The highest BCUT2D eigenvalue weighted by Crippen LogP contribution is 2.31. The van der Waals surface area contributed by atoms with Gasteiger partial charge in [-0.05, 0) is 56.7 Å². The predicted molar refractivity (Wildman–Crippen MR) is 112 cm³/mol. The predicted octanol–water partition coefficient (Wildman–Crippen LogP) is 0.465. The van der Waals surface area contributed by atoms with Crippen molar-refractivity contribution < 1.29 is 14.3 Å². The Morgan fingerprint density at radius 2 is 1.83 bits per heavy atom. The number of aromatic nitrogens is 1. The third-order valence-electron chi connectivity index (χ3n) is 6.46. The summed E-state index contributed by atoms with van der Waals surface area (Å²) < 4.78 is 7.01. The van der Waals surface area contributed by atoms with Crippen LogP contribution in [0.25, 0.3) is 0 Å². The molecule has 2 aliphatic heterocycles. The fraction of sp³-hybridized carbons (Fsp3) is 0.682. The van der Waals surface area contributed by atoms with Crippen molar-refractivity contribution in [1.82, 2.24) is 19.7 Å². The second-order valence-electron chi connectivity index (χ2n) is 9.00. The summed E-state index contributed by atoms with van der Waals surface area (Å²) in [6.07, 6.45) is 6.38. The van der Waals surface area contributed by atoms with Crippen LogP contribution in [0.3, 0.4) is 0 Å². The first-order chi connectivity index (χ1) is 14.5. The minimum absolute atomic E-state index is 0.0380.